The van der Waals surface area contributed by atoms with E-state index in [4.69, 9.17) is 15.2 Å². The number of anilines is 1. The molecule has 1 rings (SSSR count). The van der Waals surface area contributed by atoms with Crippen molar-refractivity contribution in [1.82, 2.24) is 4.98 Å². The van der Waals surface area contributed by atoms with Gasteiger partial charge in [-0.15, -0.1) is 0 Å². The van der Waals surface area contributed by atoms with Crippen LogP contribution in [-0.2, 0) is 0 Å². The highest BCUT2D eigenvalue weighted by atomic mass is 16.5. The SMILES string of the molecule is COc1nc(OCC(C)C)ccc1N. The molecule has 1 aromatic rings. The van der Waals surface area contributed by atoms with E-state index in [9.17, 15) is 0 Å². The van der Waals surface area contributed by atoms with E-state index in [-0.39, 0.29) is 0 Å². The Morgan fingerprint density at radius 1 is 1.43 bits per heavy atom. The van der Waals surface area contributed by atoms with Crippen LogP contribution in [0.5, 0.6) is 11.8 Å². The fourth-order valence-electron chi connectivity index (χ4n) is 0.930. The topological polar surface area (TPSA) is 57.4 Å². The van der Waals surface area contributed by atoms with Crippen molar-refractivity contribution < 1.29 is 9.47 Å². The van der Waals surface area contributed by atoms with E-state index in [2.05, 4.69) is 18.8 Å². The average Bonchev–Trinajstić information content (AvgIpc) is 2.16. The number of ether oxygens (including phenoxy) is 2. The summed E-state index contributed by atoms with van der Waals surface area (Å²) in [5.74, 6) is 1.43. The van der Waals surface area contributed by atoms with E-state index in [0.717, 1.165) is 0 Å². The van der Waals surface area contributed by atoms with Crippen molar-refractivity contribution in [3.63, 3.8) is 0 Å². The monoisotopic (exact) mass is 196 g/mol. The first kappa shape index (κ1) is 10.6. The van der Waals surface area contributed by atoms with Crippen LogP contribution >= 0.6 is 0 Å². The Hall–Kier alpha value is -1.45. The minimum Gasteiger partial charge on any atom is -0.479 e. The normalized spacial score (nSPS) is 10.3. The summed E-state index contributed by atoms with van der Waals surface area (Å²) in [6, 6.07) is 3.46. The van der Waals surface area contributed by atoms with Gasteiger partial charge in [-0.3, -0.25) is 0 Å². The second-order valence-corrected chi connectivity index (χ2v) is 3.45. The van der Waals surface area contributed by atoms with Gasteiger partial charge in [0, 0.05) is 6.07 Å². The van der Waals surface area contributed by atoms with Gasteiger partial charge < -0.3 is 15.2 Å². The molecule has 0 radical (unpaired) electrons. The number of nitrogen functional groups attached to an aromatic ring is 1. The van der Waals surface area contributed by atoms with Crippen molar-refractivity contribution >= 4 is 5.69 Å². The second-order valence-electron chi connectivity index (χ2n) is 3.45. The predicted octanol–water partition coefficient (Wildman–Crippen LogP) is 1.71. The Labute approximate surface area is 84.0 Å². The van der Waals surface area contributed by atoms with E-state index >= 15 is 0 Å². The molecule has 0 bridgehead atoms. The molecule has 0 fully saturated rings. The van der Waals surface area contributed by atoms with Gasteiger partial charge in [0.15, 0.2) is 0 Å². The minimum atomic E-state index is 0.409. The summed E-state index contributed by atoms with van der Waals surface area (Å²) in [7, 11) is 1.53. The van der Waals surface area contributed by atoms with Crippen LogP contribution in [0, 0.1) is 5.92 Å². The minimum absolute atomic E-state index is 0.409. The van der Waals surface area contributed by atoms with Crippen LogP contribution < -0.4 is 15.2 Å². The molecule has 0 amide bonds. The van der Waals surface area contributed by atoms with Crippen LogP contribution in [0.15, 0.2) is 12.1 Å². The van der Waals surface area contributed by atoms with Gasteiger partial charge >= 0.3 is 0 Å². The summed E-state index contributed by atoms with van der Waals surface area (Å²) in [4.78, 5) is 4.09. The maximum absolute atomic E-state index is 5.61. The van der Waals surface area contributed by atoms with E-state index in [1.165, 1.54) is 7.11 Å². The Balaban J connectivity index is 2.69. The molecule has 0 aliphatic rings. The van der Waals surface area contributed by atoms with Crippen molar-refractivity contribution in [3.05, 3.63) is 12.1 Å². The fraction of sp³-hybridized carbons (Fsp3) is 0.500. The van der Waals surface area contributed by atoms with Gasteiger partial charge in [-0.1, -0.05) is 13.8 Å². The number of hydrogen-bond acceptors (Lipinski definition) is 4. The zero-order valence-corrected chi connectivity index (χ0v) is 8.78. The number of aromatic nitrogens is 1. The third kappa shape index (κ3) is 2.80. The molecule has 2 N–H and O–H groups in total. The third-order valence-electron chi connectivity index (χ3n) is 1.62. The molecule has 78 valence electrons. The largest absolute Gasteiger partial charge is 0.479 e. The Morgan fingerprint density at radius 3 is 2.71 bits per heavy atom. The van der Waals surface area contributed by atoms with Crippen LogP contribution in [0.4, 0.5) is 5.69 Å². The lowest BCUT2D eigenvalue weighted by atomic mass is 10.2. The first-order valence-electron chi connectivity index (χ1n) is 4.56. The molecular formula is C10H16N2O2. The summed E-state index contributed by atoms with van der Waals surface area (Å²) in [5.41, 5.74) is 6.13. The zero-order chi connectivity index (χ0) is 10.6. The Bertz CT molecular complexity index is 300. The molecule has 0 aliphatic carbocycles. The predicted molar refractivity (Wildman–Crippen MR) is 55.5 cm³/mol. The summed E-state index contributed by atoms with van der Waals surface area (Å²) < 4.78 is 10.4. The summed E-state index contributed by atoms with van der Waals surface area (Å²) in [6.07, 6.45) is 0. The molecular weight excluding hydrogens is 180 g/mol. The average molecular weight is 196 g/mol. The van der Waals surface area contributed by atoms with E-state index < -0.39 is 0 Å². The standard InChI is InChI=1S/C10H16N2O2/c1-7(2)6-14-9-5-4-8(11)10(12-9)13-3/h4-5,7H,6,11H2,1-3H3. The zero-order valence-electron chi connectivity index (χ0n) is 8.78. The van der Waals surface area contributed by atoms with Crippen molar-refractivity contribution in [1.29, 1.82) is 0 Å². The molecule has 0 aromatic carbocycles. The lowest BCUT2D eigenvalue weighted by molar-refractivity contribution is 0.257. The van der Waals surface area contributed by atoms with Gasteiger partial charge in [0.2, 0.25) is 11.8 Å². The van der Waals surface area contributed by atoms with Crippen molar-refractivity contribution in [3.8, 4) is 11.8 Å². The van der Waals surface area contributed by atoms with Crippen molar-refractivity contribution in [2.45, 2.75) is 13.8 Å². The number of hydrogen-bond donors (Lipinski definition) is 1. The Kier molecular flexibility index (Phi) is 3.56. The number of pyridine rings is 1. The van der Waals surface area contributed by atoms with Crippen LogP contribution in [0.1, 0.15) is 13.8 Å². The molecule has 4 heteroatoms. The smallest absolute Gasteiger partial charge is 0.240 e. The highest BCUT2D eigenvalue weighted by Gasteiger charge is 2.04. The first-order chi connectivity index (χ1) is 6.63. The lowest BCUT2D eigenvalue weighted by Gasteiger charge is -2.09. The maximum Gasteiger partial charge on any atom is 0.240 e. The van der Waals surface area contributed by atoms with Crippen LogP contribution in [0.25, 0.3) is 0 Å². The highest BCUT2D eigenvalue weighted by molar-refractivity contribution is 5.49. The molecule has 0 saturated heterocycles. The van der Waals surface area contributed by atoms with Crippen LogP contribution in [0.2, 0.25) is 0 Å². The quantitative estimate of drug-likeness (QED) is 0.796. The van der Waals surface area contributed by atoms with Crippen molar-refractivity contribution in [2.24, 2.45) is 5.92 Å². The molecule has 0 spiro atoms. The summed E-state index contributed by atoms with van der Waals surface area (Å²) in [5, 5.41) is 0. The van der Waals surface area contributed by atoms with Crippen LogP contribution in [0.3, 0.4) is 0 Å². The Morgan fingerprint density at radius 2 is 2.14 bits per heavy atom. The molecule has 14 heavy (non-hydrogen) atoms. The number of rotatable bonds is 4. The molecule has 0 saturated carbocycles. The van der Waals surface area contributed by atoms with Gasteiger partial charge in [0.1, 0.15) is 0 Å². The summed E-state index contributed by atoms with van der Waals surface area (Å²) in [6.45, 7) is 4.79. The maximum atomic E-state index is 5.61. The molecule has 0 aliphatic heterocycles. The van der Waals surface area contributed by atoms with Gasteiger partial charge in [-0.2, -0.15) is 4.98 Å². The van der Waals surface area contributed by atoms with E-state index in [1.807, 2.05) is 0 Å². The van der Waals surface area contributed by atoms with E-state index in [0.29, 0.717) is 30.0 Å². The number of methoxy groups -OCH3 is 1. The molecule has 1 aromatic heterocycles. The first-order valence-corrected chi connectivity index (χ1v) is 4.56. The lowest BCUT2D eigenvalue weighted by Crippen LogP contribution is -2.06. The molecule has 0 unspecified atom stereocenters. The third-order valence-corrected chi connectivity index (χ3v) is 1.62. The number of nitrogens with two attached hydrogens (primary N) is 1. The molecule has 0 atom stereocenters. The molecule has 4 nitrogen and oxygen atoms in total. The van der Waals surface area contributed by atoms with Crippen molar-refractivity contribution in [2.75, 3.05) is 19.5 Å². The number of nitrogens with zero attached hydrogens (tertiary/aromatic N) is 1. The summed E-state index contributed by atoms with van der Waals surface area (Å²) >= 11 is 0. The van der Waals surface area contributed by atoms with E-state index in [1.54, 1.807) is 12.1 Å². The van der Waals surface area contributed by atoms with Gasteiger partial charge in [-0.05, 0) is 12.0 Å². The second kappa shape index (κ2) is 4.69. The van der Waals surface area contributed by atoms with Crippen LogP contribution in [-0.4, -0.2) is 18.7 Å². The van der Waals surface area contributed by atoms with Gasteiger partial charge in [0.05, 0.1) is 19.4 Å². The highest BCUT2D eigenvalue weighted by Crippen LogP contribution is 2.21. The van der Waals surface area contributed by atoms with Gasteiger partial charge in [0.25, 0.3) is 0 Å². The fourth-order valence-corrected chi connectivity index (χ4v) is 0.930. The van der Waals surface area contributed by atoms with Gasteiger partial charge in [-0.25, -0.2) is 0 Å². The molecule has 1 heterocycles.